The van der Waals surface area contributed by atoms with Gasteiger partial charge in [-0.1, -0.05) is 76.7 Å². The van der Waals surface area contributed by atoms with Gasteiger partial charge in [-0.15, -0.1) is 0 Å². The fourth-order valence-electron chi connectivity index (χ4n) is 2.19. The van der Waals surface area contributed by atoms with Crippen LogP contribution >= 0.6 is 0 Å². The lowest BCUT2D eigenvalue weighted by Crippen LogP contribution is -1.83. The fraction of sp³-hybridized carbons (Fsp3) is 0.810. The second kappa shape index (κ2) is 26.3. The van der Waals surface area contributed by atoms with Gasteiger partial charge in [0.1, 0.15) is 0 Å². The zero-order chi connectivity index (χ0) is 17.4. The van der Waals surface area contributed by atoms with Gasteiger partial charge in [-0.25, -0.2) is 9.78 Å². The van der Waals surface area contributed by atoms with E-state index < -0.39 is 0 Å². The molecular formula is C21H42O2. The molecule has 0 saturated carbocycles. The predicted octanol–water partition coefficient (Wildman–Crippen LogP) is 7.40. The Morgan fingerprint density at radius 2 is 1.09 bits per heavy atom. The molecular weight excluding hydrogens is 284 g/mol. The molecule has 0 aliphatic carbocycles. The summed E-state index contributed by atoms with van der Waals surface area (Å²) in [6, 6.07) is 0. The van der Waals surface area contributed by atoms with Crippen LogP contribution in [0.1, 0.15) is 97.8 Å². The maximum atomic E-state index is 4.33. The van der Waals surface area contributed by atoms with E-state index in [1.54, 1.807) is 0 Å². The summed E-state index contributed by atoms with van der Waals surface area (Å²) in [5.41, 5.74) is 0. The minimum Gasteiger partial charge on any atom is -0.240 e. The standard InChI is InChI=1S/C18H34.C3H8O2/c1-3-5-7-9-11-13-15-17-18-16-14-12-10-8-6-4-2;1-3-5-4-2/h5,7,10,12H,3-4,6,8-9,11,13-18H2,1-2H3;3H2,1-2H3/b7-5-,12-10-;. The third-order valence-electron chi connectivity index (χ3n) is 3.52. The van der Waals surface area contributed by atoms with Crippen LogP contribution in [-0.2, 0) is 9.78 Å². The number of hydrogen-bond donors (Lipinski definition) is 0. The van der Waals surface area contributed by atoms with Crippen LogP contribution in [0.15, 0.2) is 24.3 Å². The monoisotopic (exact) mass is 326 g/mol. The smallest absolute Gasteiger partial charge is 0.0794 e. The van der Waals surface area contributed by atoms with Crippen molar-refractivity contribution in [2.24, 2.45) is 0 Å². The molecule has 0 rings (SSSR count). The first-order valence-corrected chi connectivity index (χ1v) is 9.78. The van der Waals surface area contributed by atoms with Crippen molar-refractivity contribution in [2.45, 2.75) is 97.8 Å². The van der Waals surface area contributed by atoms with Crippen LogP contribution < -0.4 is 0 Å². The van der Waals surface area contributed by atoms with Gasteiger partial charge in [0.25, 0.3) is 0 Å². The molecule has 0 atom stereocenters. The third-order valence-corrected chi connectivity index (χ3v) is 3.52. The SMILES string of the molecule is CC/C=C\CCCCCCCC/C=C\CCCC.CCOOC. The summed E-state index contributed by atoms with van der Waals surface area (Å²) >= 11 is 0. The van der Waals surface area contributed by atoms with Gasteiger partial charge >= 0.3 is 0 Å². The molecule has 0 N–H and O–H groups in total. The average molecular weight is 327 g/mol. The largest absolute Gasteiger partial charge is 0.240 e. The van der Waals surface area contributed by atoms with Crippen LogP contribution in [0, 0.1) is 0 Å². The molecule has 0 aromatic heterocycles. The summed E-state index contributed by atoms with van der Waals surface area (Å²) in [5, 5.41) is 0. The first-order valence-electron chi connectivity index (χ1n) is 9.78. The lowest BCUT2D eigenvalue weighted by molar-refractivity contribution is -0.268. The van der Waals surface area contributed by atoms with E-state index in [4.69, 9.17) is 0 Å². The van der Waals surface area contributed by atoms with E-state index in [-0.39, 0.29) is 0 Å². The Kier molecular flexibility index (Phi) is 28.2. The molecule has 23 heavy (non-hydrogen) atoms. The summed E-state index contributed by atoms with van der Waals surface area (Å²) in [6.45, 7) is 6.94. The van der Waals surface area contributed by atoms with Gasteiger partial charge in [-0.3, -0.25) is 0 Å². The van der Waals surface area contributed by atoms with Gasteiger partial charge < -0.3 is 0 Å². The highest BCUT2D eigenvalue weighted by molar-refractivity contribution is 4.81. The molecule has 0 heterocycles. The molecule has 0 bridgehead atoms. The molecule has 2 heteroatoms. The fourth-order valence-corrected chi connectivity index (χ4v) is 2.19. The molecule has 0 fully saturated rings. The van der Waals surface area contributed by atoms with Gasteiger partial charge in [-0.2, -0.15) is 0 Å². The van der Waals surface area contributed by atoms with Crippen molar-refractivity contribution in [3.8, 4) is 0 Å². The summed E-state index contributed by atoms with van der Waals surface area (Å²) in [4.78, 5) is 8.52. The molecule has 0 aromatic rings. The van der Waals surface area contributed by atoms with Gasteiger partial charge in [0.05, 0.1) is 13.7 Å². The molecule has 0 radical (unpaired) electrons. The van der Waals surface area contributed by atoms with E-state index in [2.05, 4.69) is 47.9 Å². The van der Waals surface area contributed by atoms with Crippen LogP contribution in [0.2, 0.25) is 0 Å². The van der Waals surface area contributed by atoms with Crippen molar-refractivity contribution in [1.29, 1.82) is 0 Å². The Balaban J connectivity index is 0. The van der Waals surface area contributed by atoms with E-state index in [9.17, 15) is 0 Å². The molecule has 0 amide bonds. The summed E-state index contributed by atoms with van der Waals surface area (Å²) in [7, 11) is 1.49. The highest BCUT2D eigenvalue weighted by Crippen LogP contribution is 2.09. The second-order valence-corrected chi connectivity index (χ2v) is 5.77. The van der Waals surface area contributed by atoms with Crippen molar-refractivity contribution in [3.63, 3.8) is 0 Å². The van der Waals surface area contributed by atoms with Gasteiger partial charge in [0.2, 0.25) is 0 Å². The molecule has 0 aromatic carbocycles. The van der Waals surface area contributed by atoms with Crippen molar-refractivity contribution >= 4 is 0 Å². The highest BCUT2D eigenvalue weighted by Gasteiger charge is 1.89. The average Bonchev–Trinajstić information content (AvgIpc) is 2.56. The van der Waals surface area contributed by atoms with Crippen LogP contribution in [0.25, 0.3) is 0 Å². The van der Waals surface area contributed by atoms with E-state index in [1.165, 1.54) is 84.2 Å². The lowest BCUT2D eigenvalue weighted by atomic mass is 10.1. The van der Waals surface area contributed by atoms with E-state index in [0.29, 0.717) is 6.61 Å². The molecule has 0 unspecified atom stereocenters. The van der Waals surface area contributed by atoms with Gasteiger partial charge in [0, 0.05) is 0 Å². The van der Waals surface area contributed by atoms with Crippen molar-refractivity contribution in [2.75, 3.05) is 13.7 Å². The minimum atomic E-state index is 0.622. The topological polar surface area (TPSA) is 18.5 Å². The van der Waals surface area contributed by atoms with E-state index in [1.807, 2.05) is 6.92 Å². The lowest BCUT2D eigenvalue weighted by Gasteiger charge is -1.99. The van der Waals surface area contributed by atoms with Crippen molar-refractivity contribution < 1.29 is 9.78 Å². The molecule has 0 aliphatic heterocycles. The molecule has 0 spiro atoms. The Morgan fingerprint density at radius 3 is 1.48 bits per heavy atom. The number of allylic oxidation sites excluding steroid dienone is 4. The zero-order valence-corrected chi connectivity index (χ0v) is 16.3. The van der Waals surface area contributed by atoms with Crippen LogP contribution in [0.3, 0.4) is 0 Å². The van der Waals surface area contributed by atoms with Crippen LogP contribution in [0.4, 0.5) is 0 Å². The first kappa shape index (κ1) is 24.6. The molecule has 0 saturated heterocycles. The van der Waals surface area contributed by atoms with Crippen molar-refractivity contribution in [3.05, 3.63) is 24.3 Å². The quantitative estimate of drug-likeness (QED) is 0.135. The predicted molar refractivity (Wildman–Crippen MR) is 104 cm³/mol. The summed E-state index contributed by atoms with van der Waals surface area (Å²) in [6.07, 6.45) is 25.5. The van der Waals surface area contributed by atoms with Gasteiger partial charge in [-0.05, 0) is 45.4 Å². The number of hydrogen-bond acceptors (Lipinski definition) is 2. The number of unbranched alkanes of at least 4 members (excludes halogenated alkanes) is 9. The second-order valence-electron chi connectivity index (χ2n) is 5.77. The van der Waals surface area contributed by atoms with Crippen molar-refractivity contribution in [1.82, 2.24) is 0 Å². The Bertz CT molecular complexity index is 232. The molecule has 2 nitrogen and oxygen atoms in total. The van der Waals surface area contributed by atoms with E-state index in [0.717, 1.165) is 0 Å². The minimum absolute atomic E-state index is 0.622. The Labute approximate surface area is 146 Å². The zero-order valence-electron chi connectivity index (χ0n) is 16.3. The van der Waals surface area contributed by atoms with Crippen LogP contribution in [-0.4, -0.2) is 13.7 Å². The van der Waals surface area contributed by atoms with E-state index >= 15 is 0 Å². The third kappa shape index (κ3) is 29.9. The highest BCUT2D eigenvalue weighted by atomic mass is 17.2. The molecule has 138 valence electrons. The Hall–Kier alpha value is -0.600. The summed E-state index contributed by atoms with van der Waals surface area (Å²) < 4.78 is 0. The maximum absolute atomic E-state index is 4.33. The maximum Gasteiger partial charge on any atom is 0.0794 e. The van der Waals surface area contributed by atoms with Gasteiger partial charge in [0.15, 0.2) is 0 Å². The van der Waals surface area contributed by atoms with Crippen LogP contribution in [0.5, 0.6) is 0 Å². The normalized spacial score (nSPS) is 11.1. The Morgan fingerprint density at radius 1 is 0.609 bits per heavy atom. The first-order chi connectivity index (χ1) is 11.3. The summed E-state index contributed by atoms with van der Waals surface area (Å²) in [5.74, 6) is 0. The number of rotatable bonds is 15. The molecule has 0 aliphatic rings.